The first-order valence-electron chi connectivity index (χ1n) is 10.4. The zero-order valence-corrected chi connectivity index (χ0v) is 20.2. The Kier molecular flexibility index (Phi) is 12.5. The van der Waals surface area contributed by atoms with E-state index in [2.05, 4.69) is 0 Å². The SMILES string of the molecule is CCC(=O)CCSSC(C)(C)C(=O)CCCCC(=O)N1C[C@@H](OC)C[C@@H]1COC. The van der Waals surface area contributed by atoms with Crippen LogP contribution in [0.15, 0.2) is 0 Å². The van der Waals surface area contributed by atoms with Gasteiger partial charge in [0.25, 0.3) is 0 Å². The van der Waals surface area contributed by atoms with Crippen molar-refractivity contribution in [2.24, 2.45) is 0 Å². The summed E-state index contributed by atoms with van der Waals surface area (Å²) >= 11 is 0. The van der Waals surface area contributed by atoms with Gasteiger partial charge in [0.05, 0.1) is 23.5 Å². The van der Waals surface area contributed by atoms with Crippen molar-refractivity contribution in [3.8, 4) is 0 Å². The molecule has 0 aromatic carbocycles. The molecule has 0 aromatic heterocycles. The van der Waals surface area contributed by atoms with Gasteiger partial charge in [-0.1, -0.05) is 28.5 Å². The second kappa shape index (κ2) is 13.7. The monoisotopic (exact) mass is 447 g/mol. The van der Waals surface area contributed by atoms with Crippen molar-refractivity contribution in [1.29, 1.82) is 0 Å². The Balaban J connectivity index is 2.30. The van der Waals surface area contributed by atoms with Crippen molar-refractivity contribution >= 4 is 39.1 Å². The topological polar surface area (TPSA) is 72.9 Å². The molecule has 6 nitrogen and oxygen atoms in total. The first-order chi connectivity index (χ1) is 13.7. The molecule has 1 aliphatic heterocycles. The molecule has 0 spiro atoms. The molecular formula is C21H37NO5S2. The first kappa shape index (κ1) is 26.5. The van der Waals surface area contributed by atoms with E-state index in [0.717, 1.165) is 12.2 Å². The van der Waals surface area contributed by atoms with E-state index in [1.807, 2.05) is 25.7 Å². The number of carbonyl (C=O) groups excluding carboxylic acids is 3. The number of methoxy groups -OCH3 is 2. The molecule has 0 unspecified atom stereocenters. The molecule has 1 amide bonds. The summed E-state index contributed by atoms with van der Waals surface area (Å²) in [6.07, 6.45) is 4.36. The third kappa shape index (κ3) is 9.40. The van der Waals surface area contributed by atoms with Crippen LogP contribution in [0.1, 0.15) is 65.7 Å². The standard InChI is InChI=1S/C21H37NO5S2/c1-6-17(23)11-12-28-29-21(2,3)19(24)9-7-8-10-20(25)22-14-18(27-5)13-16(22)15-26-4/h16,18H,6-15H2,1-5H3/t16-,18+/m1/s1. The molecule has 1 rings (SSSR count). The zero-order chi connectivity index (χ0) is 21.9. The fraction of sp³-hybridized carbons (Fsp3) is 0.857. The van der Waals surface area contributed by atoms with E-state index in [9.17, 15) is 14.4 Å². The highest BCUT2D eigenvalue weighted by Crippen LogP contribution is 2.37. The van der Waals surface area contributed by atoms with E-state index in [0.29, 0.717) is 51.7 Å². The largest absolute Gasteiger partial charge is 0.383 e. The normalized spacial score (nSPS) is 19.6. The van der Waals surface area contributed by atoms with E-state index < -0.39 is 4.75 Å². The average Bonchev–Trinajstić information content (AvgIpc) is 3.11. The van der Waals surface area contributed by atoms with Gasteiger partial charge in [0.1, 0.15) is 11.6 Å². The fourth-order valence-corrected chi connectivity index (χ4v) is 5.82. The zero-order valence-electron chi connectivity index (χ0n) is 18.5. The number of hydrogen-bond acceptors (Lipinski definition) is 7. The molecule has 0 radical (unpaired) electrons. The smallest absolute Gasteiger partial charge is 0.222 e. The van der Waals surface area contributed by atoms with E-state index in [-0.39, 0.29) is 29.6 Å². The number of ether oxygens (including phenoxy) is 2. The Morgan fingerprint density at radius 2 is 1.79 bits per heavy atom. The van der Waals surface area contributed by atoms with Crippen LogP contribution in [-0.4, -0.2) is 72.4 Å². The van der Waals surface area contributed by atoms with Gasteiger partial charge in [-0.05, 0) is 33.1 Å². The number of hydrogen-bond donors (Lipinski definition) is 0. The fourth-order valence-electron chi connectivity index (χ4n) is 3.27. The predicted octanol–water partition coefficient (Wildman–Crippen LogP) is 3.91. The van der Waals surface area contributed by atoms with Crippen molar-refractivity contribution in [3.05, 3.63) is 0 Å². The molecule has 168 valence electrons. The van der Waals surface area contributed by atoms with Crippen LogP contribution in [0.25, 0.3) is 0 Å². The van der Waals surface area contributed by atoms with Crippen LogP contribution in [0.2, 0.25) is 0 Å². The lowest BCUT2D eigenvalue weighted by atomic mass is 10.0. The number of Topliss-reactive ketones (excluding diaryl/α,β-unsaturated/α-hetero) is 2. The van der Waals surface area contributed by atoms with Gasteiger partial charge >= 0.3 is 0 Å². The van der Waals surface area contributed by atoms with Crippen molar-refractivity contribution in [2.45, 2.75) is 82.6 Å². The minimum absolute atomic E-state index is 0.0728. The number of ketones is 2. The van der Waals surface area contributed by atoms with Gasteiger partial charge in [-0.25, -0.2) is 0 Å². The van der Waals surface area contributed by atoms with Crippen LogP contribution in [-0.2, 0) is 23.9 Å². The molecule has 0 aliphatic carbocycles. The quantitative estimate of drug-likeness (QED) is 0.278. The van der Waals surface area contributed by atoms with Crippen LogP contribution < -0.4 is 0 Å². The van der Waals surface area contributed by atoms with Gasteiger partial charge in [-0.3, -0.25) is 14.4 Å². The number of amides is 1. The Labute approximate surface area is 183 Å². The maximum absolute atomic E-state index is 12.6. The highest BCUT2D eigenvalue weighted by atomic mass is 33.1. The lowest BCUT2D eigenvalue weighted by molar-refractivity contribution is -0.133. The van der Waals surface area contributed by atoms with E-state index in [1.165, 1.54) is 0 Å². The number of nitrogens with zero attached hydrogens (tertiary/aromatic N) is 1. The molecule has 8 heteroatoms. The summed E-state index contributed by atoms with van der Waals surface area (Å²) in [5, 5.41) is 0. The molecule has 1 fully saturated rings. The van der Waals surface area contributed by atoms with Gasteiger partial charge in [0.2, 0.25) is 5.91 Å². The van der Waals surface area contributed by atoms with E-state index >= 15 is 0 Å². The van der Waals surface area contributed by atoms with Crippen LogP contribution in [0.4, 0.5) is 0 Å². The maximum atomic E-state index is 12.6. The minimum atomic E-state index is -0.478. The third-order valence-electron chi connectivity index (χ3n) is 5.23. The van der Waals surface area contributed by atoms with E-state index in [4.69, 9.17) is 9.47 Å². The molecule has 0 bridgehead atoms. The Bertz CT molecular complexity index is 541. The molecular weight excluding hydrogens is 410 g/mol. The van der Waals surface area contributed by atoms with Crippen LogP contribution >= 0.6 is 21.6 Å². The van der Waals surface area contributed by atoms with Crippen LogP contribution in [0, 0.1) is 0 Å². The molecule has 1 aliphatic rings. The Morgan fingerprint density at radius 1 is 1.10 bits per heavy atom. The average molecular weight is 448 g/mol. The van der Waals surface area contributed by atoms with Gasteiger partial charge in [0, 0.05) is 52.2 Å². The summed E-state index contributed by atoms with van der Waals surface area (Å²) in [7, 11) is 6.46. The van der Waals surface area contributed by atoms with Crippen LogP contribution in [0.3, 0.4) is 0 Å². The van der Waals surface area contributed by atoms with Gasteiger partial charge < -0.3 is 14.4 Å². The summed E-state index contributed by atoms with van der Waals surface area (Å²) in [4.78, 5) is 38.3. The van der Waals surface area contributed by atoms with Crippen molar-refractivity contribution in [1.82, 2.24) is 4.90 Å². The second-order valence-corrected chi connectivity index (χ2v) is 11.0. The molecule has 1 saturated heterocycles. The minimum Gasteiger partial charge on any atom is -0.383 e. The highest BCUT2D eigenvalue weighted by molar-refractivity contribution is 8.77. The van der Waals surface area contributed by atoms with Gasteiger partial charge in [-0.15, -0.1) is 0 Å². The highest BCUT2D eigenvalue weighted by Gasteiger charge is 2.35. The molecule has 0 N–H and O–H groups in total. The lowest BCUT2D eigenvalue weighted by Crippen LogP contribution is -2.38. The maximum Gasteiger partial charge on any atom is 0.222 e. The number of rotatable bonds is 15. The molecule has 0 aromatic rings. The number of likely N-dealkylation sites (tertiary alicyclic amines) is 1. The Morgan fingerprint density at radius 3 is 2.41 bits per heavy atom. The summed E-state index contributed by atoms with van der Waals surface area (Å²) < 4.78 is 10.2. The second-order valence-electron chi connectivity index (χ2n) is 7.94. The van der Waals surface area contributed by atoms with Crippen molar-refractivity contribution in [3.63, 3.8) is 0 Å². The summed E-state index contributed by atoms with van der Waals surface area (Å²) in [6, 6.07) is 0.0750. The predicted molar refractivity (Wildman–Crippen MR) is 120 cm³/mol. The number of unbranched alkanes of at least 4 members (excludes halogenated alkanes) is 1. The third-order valence-corrected chi connectivity index (χ3v) is 8.47. The molecule has 2 atom stereocenters. The summed E-state index contributed by atoms with van der Waals surface area (Å²) in [6.45, 7) is 6.88. The molecule has 0 saturated carbocycles. The van der Waals surface area contributed by atoms with E-state index in [1.54, 1.807) is 35.8 Å². The van der Waals surface area contributed by atoms with Crippen molar-refractivity contribution < 1.29 is 23.9 Å². The van der Waals surface area contributed by atoms with Gasteiger partial charge in [-0.2, -0.15) is 0 Å². The molecule has 1 heterocycles. The van der Waals surface area contributed by atoms with Crippen molar-refractivity contribution in [2.75, 3.05) is 33.1 Å². The summed E-state index contributed by atoms with van der Waals surface area (Å²) in [5.41, 5.74) is 0. The Hall–Kier alpha value is -0.570. The first-order valence-corrected chi connectivity index (χ1v) is 12.7. The van der Waals surface area contributed by atoms with Crippen LogP contribution in [0.5, 0.6) is 0 Å². The molecule has 29 heavy (non-hydrogen) atoms. The lowest BCUT2D eigenvalue weighted by Gasteiger charge is -2.24. The van der Waals surface area contributed by atoms with Gasteiger partial charge in [0.15, 0.2) is 0 Å². The summed E-state index contributed by atoms with van der Waals surface area (Å²) in [5.74, 6) is 1.31. The number of carbonyl (C=O) groups is 3.